The highest BCUT2D eigenvalue weighted by Crippen LogP contribution is 2.42. The highest BCUT2D eigenvalue weighted by molar-refractivity contribution is 5.93. The van der Waals surface area contributed by atoms with Gasteiger partial charge in [-0.3, -0.25) is 24.1 Å². The van der Waals surface area contributed by atoms with Gasteiger partial charge in [0.05, 0.1) is 65.6 Å². The second-order valence-corrected chi connectivity index (χ2v) is 24.4. The average molecular weight is 1150 g/mol. The molecule has 456 valence electrons. The van der Waals surface area contributed by atoms with Gasteiger partial charge >= 0.3 is 17.9 Å². The van der Waals surface area contributed by atoms with Crippen LogP contribution in [-0.4, -0.2) is 210 Å². The number of hydrogen-bond acceptors (Lipinski definition) is 19. The molecule has 0 unspecified atom stereocenters. The number of likely N-dealkylation sites (N-methyl/N-ethyl adjacent to an activating group) is 1. The number of cyclic esters (lactones) is 1. The highest BCUT2D eigenvalue weighted by atomic mass is 19.1. The molecule has 1 aromatic heterocycles. The summed E-state index contributed by atoms with van der Waals surface area (Å²) in [7, 11) is 6.73. The van der Waals surface area contributed by atoms with Crippen molar-refractivity contribution < 1.29 is 81.9 Å². The first kappa shape index (κ1) is 64.2. The molecule has 1 aliphatic carbocycles. The summed E-state index contributed by atoms with van der Waals surface area (Å²) in [4.78, 5) is 73.0. The molecule has 0 bridgehead atoms. The number of benzene rings is 1. The van der Waals surface area contributed by atoms with E-state index in [2.05, 4.69) is 10.2 Å². The first-order valence-corrected chi connectivity index (χ1v) is 28.7. The number of aromatic carboxylic acids is 1. The van der Waals surface area contributed by atoms with Crippen LogP contribution in [0.15, 0.2) is 23.1 Å². The molecule has 4 aliphatic heterocycles. The monoisotopic (exact) mass is 1150 g/mol. The van der Waals surface area contributed by atoms with Crippen LogP contribution in [0.3, 0.4) is 0 Å². The number of nitrogens with one attached hydrogen (secondary N) is 1. The highest BCUT2D eigenvalue weighted by Gasteiger charge is 2.54. The van der Waals surface area contributed by atoms with E-state index in [-0.39, 0.29) is 49.3 Å². The molecule has 0 spiro atoms. The van der Waals surface area contributed by atoms with Crippen LogP contribution in [0, 0.1) is 23.6 Å². The van der Waals surface area contributed by atoms with Crippen LogP contribution in [0.25, 0.3) is 10.9 Å². The number of aliphatic hydroxyl groups is 3. The van der Waals surface area contributed by atoms with E-state index in [9.17, 15) is 44.4 Å². The lowest BCUT2D eigenvalue weighted by Gasteiger charge is -2.50. The van der Waals surface area contributed by atoms with E-state index in [4.69, 9.17) is 37.9 Å². The number of esters is 2. The predicted octanol–water partition coefficient (Wildman–Crippen LogP) is 3.99. The number of carbonyl (C=O) groups is 4. The molecule has 0 radical (unpaired) electrons. The summed E-state index contributed by atoms with van der Waals surface area (Å²) in [5.74, 6) is -6.91. The molecule has 23 heteroatoms. The van der Waals surface area contributed by atoms with E-state index in [1.54, 1.807) is 52.2 Å². The van der Waals surface area contributed by atoms with Crippen molar-refractivity contribution in [1.82, 2.24) is 19.7 Å². The van der Waals surface area contributed by atoms with Crippen LogP contribution in [0.4, 0.5) is 10.1 Å². The van der Waals surface area contributed by atoms with Crippen molar-refractivity contribution >= 4 is 40.4 Å². The summed E-state index contributed by atoms with van der Waals surface area (Å²) < 4.78 is 69.1. The Morgan fingerprint density at radius 2 is 1.53 bits per heavy atom. The quantitative estimate of drug-likeness (QED) is 0.158. The van der Waals surface area contributed by atoms with Crippen molar-refractivity contribution in [2.24, 2.45) is 17.8 Å². The topological polar surface area (TPSA) is 267 Å². The van der Waals surface area contributed by atoms with Gasteiger partial charge in [0.25, 0.3) is 0 Å². The van der Waals surface area contributed by atoms with Crippen molar-refractivity contribution in [3.63, 3.8) is 0 Å². The molecule has 22 nitrogen and oxygen atoms in total. The van der Waals surface area contributed by atoms with E-state index < -0.39 is 137 Å². The number of aromatic nitrogens is 1. The van der Waals surface area contributed by atoms with Gasteiger partial charge in [-0.1, -0.05) is 20.8 Å². The standard InChI is InChI=1S/C58H90FN5O17/c1-15-43-58(10,73)49(68)34(6)52(69)60-30(2)27-56(8,74-13)50(81-55-47(67)42(61(11)12)24-31(3)76-55)32(4)48(33(5)54(72)78-43)80-45-28-57(9,75-14)51(35(7)77-45)79-44(65)18-19-62-20-22-63(23-21-62)41-26-40-37(25-39(41)59)46(66)38(53(70)71)29-64(40)36-16-17-36/h25-26,29-36,42-43,45,47-51,55,67-68,73H,15-24,27-28H2,1-14H3,(H,60,69)(H,70,71)/t30-,31-,32+,33-,34-,35+,42+,43-,45+,47-,48+,49-,50-,51+,55+,56-,57-,58-/m1/s1. The molecule has 5 aliphatic rings. The van der Waals surface area contributed by atoms with E-state index in [0.717, 1.165) is 18.9 Å². The molecule has 81 heavy (non-hydrogen) atoms. The zero-order valence-electron chi connectivity index (χ0n) is 49.7. The Hall–Kier alpha value is -4.40. The van der Waals surface area contributed by atoms with Crippen LogP contribution in [-0.2, 0) is 52.3 Å². The fraction of sp³-hybridized carbons (Fsp3) is 0.776. The van der Waals surface area contributed by atoms with Gasteiger partial charge in [0.2, 0.25) is 11.3 Å². The predicted molar refractivity (Wildman–Crippen MR) is 295 cm³/mol. The lowest BCUT2D eigenvalue weighted by Crippen LogP contribution is -2.61. The SMILES string of the molecule is CC[C@H]1OC(=O)[C@H](C)[C@@H](O[C@H]2C[C@@](C)(OC)[C@@H](OC(=O)CCN3CCN(c4cc5c(cc4F)c(=O)c(C(=O)O)cn5C4CC4)CC3)[C@H](C)O2)[C@H](C)[C@@H](O[C@@H]2O[C@H](C)C[C@H](N(C)C)[C@H]2O)[C@](C)(OC)C[C@@H](C)NC(=O)[C@H](C)[C@@H](O)[C@]1(C)O. The third-order valence-electron chi connectivity index (χ3n) is 18.0. The molecule has 2 aromatic rings. The first-order valence-electron chi connectivity index (χ1n) is 28.7. The largest absolute Gasteiger partial charge is 0.477 e. The number of piperazine rings is 1. The number of anilines is 1. The summed E-state index contributed by atoms with van der Waals surface area (Å²) in [6, 6.07) is 1.85. The molecular weight excluding hydrogens is 1060 g/mol. The van der Waals surface area contributed by atoms with Crippen molar-refractivity contribution in [2.45, 2.75) is 211 Å². The van der Waals surface area contributed by atoms with Gasteiger partial charge in [-0.25, -0.2) is 9.18 Å². The molecule has 7 rings (SSSR count). The van der Waals surface area contributed by atoms with Gasteiger partial charge in [0, 0.05) is 89.0 Å². The van der Waals surface area contributed by atoms with Gasteiger partial charge in [-0.05, 0) is 107 Å². The molecule has 1 saturated carbocycles. The normalized spacial score (nSPS) is 38.0. The fourth-order valence-electron chi connectivity index (χ4n) is 12.7. The number of methoxy groups -OCH3 is 2. The van der Waals surface area contributed by atoms with Crippen molar-refractivity contribution in [3.05, 3.63) is 39.9 Å². The first-order chi connectivity index (χ1) is 38.0. The maximum Gasteiger partial charge on any atom is 0.341 e. The Morgan fingerprint density at radius 3 is 2.12 bits per heavy atom. The number of nitrogens with zero attached hydrogens (tertiary/aromatic N) is 4. The van der Waals surface area contributed by atoms with Gasteiger partial charge < -0.3 is 78.0 Å². The van der Waals surface area contributed by atoms with Crippen LogP contribution < -0.4 is 15.6 Å². The molecule has 5 heterocycles. The molecule has 5 N–H and O–H groups in total. The zero-order chi connectivity index (χ0) is 59.8. The van der Waals surface area contributed by atoms with Crippen LogP contribution in [0.1, 0.15) is 131 Å². The Morgan fingerprint density at radius 1 is 0.889 bits per heavy atom. The average Bonchev–Trinajstić information content (AvgIpc) is 4.37. The maximum absolute atomic E-state index is 15.7. The second kappa shape index (κ2) is 25.8. The third-order valence-corrected chi connectivity index (χ3v) is 18.0. The van der Waals surface area contributed by atoms with E-state index in [1.165, 1.54) is 34.3 Å². The lowest BCUT2D eigenvalue weighted by atomic mass is 9.78. The number of fused-ring (bicyclic) bond motifs is 1. The van der Waals surface area contributed by atoms with Gasteiger partial charge in [0.15, 0.2) is 18.7 Å². The van der Waals surface area contributed by atoms with Crippen molar-refractivity contribution in [3.8, 4) is 0 Å². The van der Waals surface area contributed by atoms with E-state index in [0.29, 0.717) is 50.3 Å². The maximum atomic E-state index is 15.7. The molecule has 1 aromatic carbocycles. The summed E-state index contributed by atoms with van der Waals surface area (Å²) >= 11 is 0. The number of carbonyl (C=O) groups excluding carboxylic acids is 3. The number of aliphatic hydroxyl groups excluding tert-OH is 2. The van der Waals surface area contributed by atoms with Crippen molar-refractivity contribution in [1.29, 1.82) is 0 Å². The van der Waals surface area contributed by atoms with Crippen LogP contribution in [0.5, 0.6) is 0 Å². The number of halogens is 1. The number of hydrogen-bond donors (Lipinski definition) is 5. The van der Waals surface area contributed by atoms with Crippen LogP contribution in [0.2, 0.25) is 0 Å². The van der Waals surface area contributed by atoms with Gasteiger partial charge in [0.1, 0.15) is 34.8 Å². The smallest absolute Gasteiger partial charge is 0.341 e. The summed E-state index contributed by atoms with van der Waals surface area (Å²) in [6.07, 6.45) is -6.76. The Balaban J connectivity index is 1.09. The van der Waals surface area contributed by atoms with Gasteiger partial charge in [-0.15, -0.1) is 0 Å². The minimum absolute atomic E-state index is 0.0144. The molecular formula is C58H90FN5O17. The minimum Gasteiger partial charge on any atom is -0.477 e. The van der Waals surface area contributed by atoms with Crippen LogP contribution >= 0.6 is 0 Å². The third kappa shape index (κ3) is 13.9. The number of pyridine rings is 1. The number of carboxylic acid groups (broad SMARTS) is 1. The Kier molecular flexibility index (Phi) is 20.5. The number of rotatable bonds is 15. The Bertz CT molecular complexity index is 2610. The lowest BCUT2D eigenvalue weighted by molar-refractivity contribution is -0.320. The molecule has 5 fully saturated rings. The number of carboxylic acids is 1. The van der Waals surface area contributed by atoms with Crippen molar-refractivity contribution in [2.75, 3.05) is 65.9 Å². The van der Waals surface area contributed by atoms with Gasteiger partial charge in [-0.2, -0.15) is 0 Å². The molecule has 18 atom stereocenters. The molecule has 1 amide bonds. The minimum atomic E-state index is -2.07. The van der Waals surface area contributed by atoms with E-state index in [1.807, 2.05) is 37.7 Å². The summed E-state index contributed by atoms with van der Waals surface area (Å²) in [6.45, 7) is 19.1. The second-order valence-electron chi connectivity index (χ2n) is 24.4. The summed E-state index contributed by atoms with van der Waals surface area (Å²) in [5, 5.41) is 47.9. The Labute approximate surface area is 474 Å². The summed E-state index contributed by atoms with van der Waals surface area (Å²) in [5.41, 5.74) is -4.88. The number of ether oxygens (including phenoxy) is 8. The number of amides is 1. The fourth-order valence-corrected chi connectivity index (χ4v) is 12.7. The zero-order valence-corrected chi connectivity index (χ0v) is 49.7. The molecule has 4 saturated heterocycles. The van der Waals surface area contributed by atoms with E-state index >= 15 is 4.39 Å².